The Morgan fingerprint density at radius 2 is 2.00 bits per heavy atom. The molecule has 2 rings (SSSR count). The number of guanidine groups is 1. The molecule has 1 N–H and O–H groups in total. The summed E-state index contributed by atoms with van der Waals surface area (Å²) in [6.07, 6.45) is 3.31. The molecule has 138 valence electrons. The first-order valence-electron chi connectivity index (χ1n) is 9.08. The Labute approximate surface area is 154 Å². The molecule has 0 bridgehead atoms. The van der Waals surface area contributed by atoms with Crippen LogP contribution in [0.5, 0.6) is 0 Å². The molecular weight excluding hydrogens is 330 g/mol. The van der Waals surface area contributed by atoms with E-state index in [9.17, 15) is 4.21 Å². The van der Waals surface area contributed by atoms with Crippen LogP contribution >= 0.6 is 0 Å². The zero-order chi connectivity index (χ0) is 18.3. The van der Waals surface area contributed by atoms with Crippen molar-refractivity contribution in [1.82, 2.24) is 10.2 Å². The first-order chi connectivity index (χ1) is 11.9. The lowest BCUT2D eigenvalue weighted by atomic mass is 10.00. The number of nitrogens with one attached hydrogen (secondary N) is 1. The summed E-state index contributed by atoms with van der Waals surface area (Å²) in [4.78, 5) is 6.97. The van der Waals surface area contributed by atoms with Crippen LogP contribution in [-0.4, -0.2) is 51.7 Å². The summed E-state index contributed by atoms with van der Waals surface area (Å²) in [7, 11) is -0.859. The summed E-state index contributed by atoms with van der Waals surface area (Å²) in [5.74, 6) is 1.54. The predicted molar refractivity (Wildman–Crippen MR) is 109 cm³/mol. The molecule has 1 unspecified atom stereocenters. The second-order valence-corrected chi connectivity index (χ2v) is 9.51. The monoisotopic (exact) mass is 361 g/mol. The number of aliphatic imine (C=N–C) groups is 1. The van der Waals surface area contributed by atoms with E-state index in [-0.39, 0.29) is 4.75 Å². The normalized spacial score (nSPS) is 17.2. The van der Waals surface area contributed by atoms with E-state index in [0.29, 0.717) is 12.3 Å². The maximum absolute atomic E-state index is 12.2. The molecule has 0 fully saturated rings. The van der Waals surface area contributed by atoms with E-state index < -0.39 is 10.8 Å². The van der Waals surface area contributed by atoms with Gasteiger partial charge in [0.05, 0.1) is 6.54 Å². The van der Waals surface area contributed by atoms with Gasteiger partial charge in [-0.05, 0) is 45.3 Å². The zero-order valence-electron chi connectivity index (χ0n) is 15.9. The Hall–Kier alpha value is -1.62. The fraction of sp³-hybridized carbons (Fsp3) is 0.550. The van der Waals surface area contributed by atoms with Gasteiger partial charge in [0.2, 0.25) is 0 Å². The van der Waals surface area contributed by atoms with Gasteiger partial charge >= 0.3 is 0 Å². The van der Waals surface area contributed by atoms with Gasteiger partial charge in [-0.25, -0.2) is 0 Å². The summed E-state index contributed by atoms with van der Waals surface area (Å²) >= 11 is 0. The van der Waals surface area contributed by atoms with Crippen molar-refractivity contribution in [3.8, 4) is 0 Å². The maximum Gasteiger partial charge on any atom is 0.194 e. The van der Waals surface area contributed by atoms with Gasteiger partial charge in [-0.2, -0.15) is 0 Å². The maximum atomic E-state index is 12.2. The molecule has 0 aliphatic carbocycles. The van der Waals surface area contributed by atoms with Crippen LogP contribution < -0.4 is 5.32 Å². The van der Waals surface area contributed by atoms with Gasteiger partial charge in [0.15, 0.2) is 5.96 Å². The molecule has 1 atom stereocenters. The largest absolute Gasteiger partial charge is 0.357 e. The minimum Gasteiger partial charge on any atom is -0.357 e. The molecule has 0 spiro atoms. The molecule has 1 aromatic carbocycles. The SMILES string of the molecule is CCNC(=NCCS(=O)C(C)(C)C)N1CC=C(c2ccccc2)CC1. The molecule has 0 radical (unpaired) electrons. The molecule has 0 saturated heterocycles. The Morgan fingerprint density at radius 1 is 1.28 bits per heavy atom. The highest BCUT2D eigenvalue weighted by molar-refractivity contribution is 7.86. The van der Waals surface area contributed by atoms with E-state index in [1.54, 1.807) is 0 Å². The van der Waals surface area contributed by atoms with Crippen LogP contribution in [0.15, 0.2) is 41.4 Å². The third-order valence-corrected chi connectivity index (χ3v) is 6.13. The lowest BCUT2D eigenvalue weighted by Crippen LogP contribution is -2.43. The quantitative estimate of drug-likeness (QED) is 0.646. The zero-order valence-corrected chi connectivity index (χ0v) is 16.7. The molecule has 0 aromatic heterocycles. The number of benzene rings is 1. The fourth-order valence-corrected chi connectivity index (χ4v) is 3.61. The summed E-state index contributed by atoms with van der Waals surface area (Å²) in [5, 5.41) is 3.37. The summed E-state index contributed by atoms with van der Waals surface area (Å²) in [6, 6.07) is 10.6. The number of nitrogens with zero attached hydrogens (tertiary/aromatic N) is 2. The molecule has 1 aliphatic heterocycles. The van der Waals surface area contributed by atoms with Gasteiger partial charge in [-0.1, -0.05) is 36.4 Å². The van der Waals surface area contributed by atoms with Crippen molar-refractivity contribution < 1.29 is 4.21 Å². The molecule has 0 saturated carbocycles. The van der Waals surface area contributed by atoms with E-state index in [1.807, 2.05) is 20.8 Å². The van der Waals surface area contributed by atoms with E-state index in [2.05, 4.69) is 53.5 Å². The van der Waals surface area contributed by atoms with E-state index in [1.165, 1.54) is 11.1 Å². The van der Waals surface area contributed by atoms with Crippen molar-refractivity contribution >= 4 is 22.3 Å². The van der Waals surface area contributed by atoms with Gasteiger partial charge < -0.3 is 10.2 Å². The standard InChI is InChI=1S/C20H31N3OS/c1-5-21-19(22-13-16-25(24)20(2,3)4)23-14-11-18(12-15-23)17-9-7-6-8-10-17/h6-11H,5,12-16H2,1-4H3,(H,21,22). The van der Waals surface area contributed by atoms with Gasteiger partial charge in [0.25, 0.3) is 0 Å². The molecule has 1 aliphatic rings. The summed E-state index contributed by atoms with van der Waals surface area (Å²) in [5.41, 5.74) is 2.71. The highest BCUT2D eigenvalue weighted by atomic mass is 32.2. The van der Waals surface area contributed by atoms with Crippen LogP contribution in [0.3, 0.4) is 0 Å². The van der Waals surface area contributed by atoms with Gasteiger partial charge in [-0.15, -0.1) is 0 Å². The van der Waals surface area contributed by atoms with Gasteiger partial charge in [0.1, 0.15) is 0 Å². The highest BCUT2D eigenvalue weighted by Gasteiger charge is 2.19. The Balaban J connectivity index is 1.98. The highest BCUT2D eigenvalue weighted by Crippen LogP contribution is 2.22. The predicted octanol–water partition coefficient (Wildman–Crippen LogP) is 3.29. The second kappa shape index (κ2) is 9.18. The Bertz CT molecular complexity index is 632. The van der Waals surface area contributed by atoms with Gasteiger partial charge in [-0.3, -0.25) is 9.20 Å². The van der Waals surface area contributed by atoms with Crippen LogP contribution in [0.1, 0.15) is 39.7 Å². The molecular formula is C20H31N3OS. The fourth-order valence-electron chi connectivity index (χ4n) is 2.74. The molecule has 1 heterocycles. The molecule has 25 heavy (non-hydrogen) atoms. The molecule has 4 nitrogen and oxygen atoms in total. The topological polar surface area (TPSA) is 44.7 Å². The minimum atomic E-state index is -0.859. The molecule has 0 amide bonds. The average Bonchev–Trinajstić information content (AvgIpc) is 2.61. The third kappa shape index (κ3) is 5.99. The number of hydrogen-bond donors (Lipinski definition) is 1. The Kier molecular flexibility index (Phi) is 7.24. The molecule has 5 heteroatoms. The van der Waals surface area contributed by atoms with Crippen molar-refractivity contribution in [3.05, 3.63) is 42.0 Å². The van der Waals surface area contributed by atoms with E-state index >= 15 is 0 Å². The van der Waals surface area contributed by atoms with Crippen molar-refractivity contribution in [2.75, 3.05) is 31.9 Å². The van der Waals surface area contributed by atoms with Crippen molar-refractivity contribution in [1.29, 1.82) is 0 Å². The van der Waals surface area contributed by atoms with Crippen LogP contribution in [-0.2, 0) is 10.8 Å². The first kappa shape index (κ1) is 19.7. The first-order valence-corrected chi connectivity index (χ1v) is 10.4. The van der Waals surface area contributed by atoms with Crippen LogP contribution in [0.25, 0.3) is 5.57 Å². The second-order valence-electron chi connectivity index (χ2n) is 7.19. The molecule has 1 aromatic rings. The van der Waals surface area contributed by atoms with Crippen LogP contribution in [0, 0.1) is 0 Å². The van der Waals surface area contributed by atoms with Crippen molar-refractivity contribution in [2.45, 2.75) is 38.9 Å². The number of hydrogen-bond acceptors (Lipinski definition) is 2. The van der Waals surface area contributed by atoms with Gasteiger partial charge in [0, 0.05) is 40.9 Å². The Morgan fingerprint density at radius 3 is 2.56 bits per heavy atom. The smallest absolute Gasteiger partial charge is 0.194 e. The number of rotatable bonds is 5. The average molecular weight is 362 g/mol. The van der Waals surface area contributed by atoms with E-state index in [4.69, 9.17) is 4.99 Å². The minimum absolute atomic E-state index is 0.174. The van der Waals surface area contributed by atoms with Crippen molar-refractivity contribution in [3.63, 3.8) is 0 Å². The van der Waals surface area contributed by atoms with Crippen LogP contribution in [0.4, 0.5) is 0 Å². The third-order valence-electron chi connectivity index (χ3n) is 4.21. The lowest BCUT2D eigenvalue weighted by Gasteiger charge is -2.30. The van der Waals surface area contributed by atoms with E-state index in [0.717, 1.165) is 32.0 Å². The summed E-state index contributed by atoms with van der Waals surface area (Å²) < 4.78 is 12.0. The lowest BCUT2D eigenvalue weighted by molar-refractivity contribution is 0.440. The van der Waals surface area contributed by atoms with Crippen molar-refractivity contribution in [2.24, 2.45) is 4.99 Å². The summed E-state index contributed by atoms with van der Waals surface area (Å²) in [6.45, 7) is 11.4. The van der Waals surface area contributed by atoms with Crippen LogP contribution in [0.2, 0.25) is 0 Å².